The lowest BCUT2D eigenvalue weighted by molar-refractivity contribution is -0.133. The van der Waals surface area contributed by atoms with E-state index in [4.69, 9.17) is 4.98 Å². The number of piperidine rings is 1. The predicted octanol–water partition coefficient (Wildman–Crippen LogP) is 2.39. The number of rotatable bonds is 3. The highest BCUT2D eigenvalue weighted by molar-refractivity contribution is 5.94. The molecule has 1 aliphatic carbocycles. The van der Waals surface area contributed by atoms with Crippen LogP contribution < -0.4 is 5.56 Å². The molecular formula is C24H28N4O3. The molecule has 1 saturated carbocycles. The molecule has 7 nitrogen and oxygen atoms in total. The first kappa shape index (κ1) is 20.0. The van der Waals surface area contributed by atoms with Crippen molar-refractivity contribution >= 4 is 11.8 Å². The van der Waals surface area contributed by atoms with Crippen LogP contribution in [0.25, 0.3) is 0 Å². The second kappa shape index (κ2) is 7.94. The third-order valence-corrected chi connectivity index (χ3v) is 6.72. The zero-order valence-corrected chi connectivity index (χ0v) is 17.9. The van der Waals surface area contributed by atoms with E-state index in [1.165, 1.54) is 0 Å². The van der Waals surface area contributed by atoms with Crippen LogP contribution in [0.4, 0.5) is 0 Å². The Morgan fingerprint density at radius 3 is 2.58 bits per heavy atom. The summed E-state index contributed by atoms with van der Waals surface area (Å²) in [6.07, 6.45) is 4.44. The summed E-state index contributed by atoms with van der Waals surface area (Å²) >= 11 is 0. The number of nitrogens with zero attached hydrogens (tertiary/aromatic N) is 3. The largest absolute Gasteiger partial charge is 0.342 e. The number of benzene rings is 1. The SMILES string of the molecule is Cc1ccc(C(=O)N2CCc3nc(C4CCCN(C(=O)C5CC5)C4)[nH]c(=O)c3C2)cc1. The Hall–Kier alpha value is -2.96. The van der Waals surface area contributed by atoms with Crippen molar-refractivity contribution in [1.29, 1.82) is 0 Å². The molecule has 1 N–H and O–H groups in total. The minimum Gasteiger partial charge on any atom is -0.342 e. The van der Waals surface area contributed by atoms with E-state index < -0.39 is 0 Å². The molecule has 5 rings (SSSR count). The smallest absolute Gasteiger partial charge is 0.256 e. The number of hydrogen-bond donors (Lipinski definition) is 1. The maximum absolute atomic E-state index is 12.9. The van der Waals surface area contributed by atoms with Gasteiger partial charge in [-0.3, -0.25) is 14.4 Å². The lowest BCUT2D eigenvalue weighted by atomic mass is 9.96. The molecule has 162 valence electrons. The average molecular weight is 421 g/mol. The molecular weight excluding hydrogens is 392 g/mol. The second-order valence-electron chi connectivity index (χ2n) is 9.12. The summed E-state index contributed by atoms with van der Waals surface area (Å²) < 4.78 is 0. The van der Waals surface area contributed by atoms with Crippen LogP contribution in [0.2, 0.25) is 0 Å². The number of likely N-dealkylation sites (tertiary alicyclic amines) is 1. The van der Waals surface area contributed by atoms with E-state index in [-0.39, 0.29) is 35.8 Å². The van der Waals surface area contributed by atoms with Crippen molar-refractivity contribution in [2.24, 2.45) is 5.92 Å². The van der Waals surface area contributed by atoms with E-state index in [2.05, 4.69) is 4.98 Å². The van der Waals surface area contributed by atoms with Crippen LogP contribution in [-0.4, -0.2) is 51.2 Å². The third-order valence-electron chi connectivity index (χ3n) is 6.72. The van der Waals surface area contributed by atoms with E-state index in [0.29, 0.717) is 36.5 Å². The van der Waals surface area contributed by atoms with Crippen LogP contribution in [0.3, 0.4) is 0 Å². The fourth-order valence-corrected chi connectivity index (χ4v) is 4.68. The summed E-state index contributed by atoms with van der Waals surface area (Å²) in [6, 6.07) is 7.51. The summed E-state index contributed by atoms with van der Waals surface area (Å²) in [5.41, 5.74) is 2.95. The number of amides is 2. The number of carbonyl (C=O) groups excluding carboxylic acids is 2. The Labute approximate surface area is 181 Å². The van der Waals surface area contributed by atoms with Crippen molar-refractivity contribution in [2.75, 3.05) is 19.6 Å². The van der Waals surface area contributed by atoms with Crippen molar-refractivity contribution < 1.29 is 9.59 Å². The van der Waals surface area contributed by atoms with Crippen LogP contribution in [0.15, 0.2) is 29.1 Å². The molecule has 1 atom stereocenters. The quantitative estimate of drug-likeness (QED) is 0.826. The Morgan fingerprint density at radius 2 is 1.84 bits per heavy atom. The first-order valence-electron chi connectivity index (χ1n) is 11.3. The van der Waals surface area contributed by atoms with Gasteiger partial charge in [0.15, 0.2) is 0 Å². The van der Waals surface area contributed by atoms with Crippen molar-refractivity contribution in [3.8, 4) is 0 Å². The minimum absolute atomic E-state index is 0.0596. The van der Waals surface area contributed by atoms with E-state index >= 15 is 0 Å². The minimum atomic E-state index is -0.160. The lowest BCUT2D eigenvalue weighted by Crippen LogP contribution is -2.42. The zero-order valence-electron chi connectivity index (χ0n) is 17.9. The first-order valence-corrected chi connectivity index (χ1v) is 11.3. The molecule has 1 saturated heterocycles. The predicted molar refractivity (Wildman–Crippen MR) is 116 cm³/mol. The highest BCUT2D eigenvalue weighted by Crippen LogP contribution is 2.34. The highest BCUT2D eigenvalue weighted by Gasteiger charge is 2.36. The Kier molecular flexibility index (Phi) is 5.12. The van der Waals surface area contributed by atoms with Gasteiger partial charge in [-0.1, -0.05) is 17.7 Å². The monoisotopic (exact) mass is 420 g/mol. The van der Waals surface area contributed by atoms with Crippen LogP contribution in [0, 0.1) is 12.8 Å². The van der Waals surface area contributed by atoms with Gasteiger partial charge < -0.3 is 14.8 Å². The Bertz CT molecular complexity index is 1070. The van der Waals surface area contributed by atoms with Gasteiger partial charge >= 0.3 is 0 Å². The molecule has 2 fully saturated rings. The highest BCUT2D eigenvalue weighted by atomic mass is 16.2. The van der Waals surface area contributed by atoms with Gasteiger partial charge in [-0.05, 0) is 44.7 Å². The fraction of sp³-hybridized carbons (Fsp3) is 0.500. The number of aromatic nitrogens is 2. The summed E-state index contributed by atoms with van der Waals surface area (Å²) in [5.74, 6) is 1.18. The van der Waals surface area contributed by atoms with Gasteiger partial charge in [-0.15, -0.1) is 0 Å². The standard InChI is InChI=1S/C24H28N4O3/c1-15-4-6-16(7-5-15)24(31)28-12-10-20-19(14-28)22(29)26-21(25-20)18-3-2-11-27(13-18)23(30)17-8-9-17/h4-7,17-18H,2-3,8-14H2,1H3,(H,25,26,29). The Balaban J connectivity index is 1.33. The zero-order chi connectivity index (χ0) is 21.5. The molecule has 7 heteroatoms. The summed E-state index contributed by atoms with van der Waals surface area (Å²) in [7, 11) is 0. The van der Waals surface area contributed by atoms with E-state index in [0.717, 1.165) is 43.5 Å². The number of carbonyl (C=O) groups is 2. The number of hydrogen-bond acceptors (Lipinski definition) is 4. The normalized spacial score (nSPS) is 21.0. The Morgan fingerprint density at radius 1 is 1.06 bits per heavy atom. The van der Waals surface area contributed by atoms with Gasteiger partial charge in [-0.25, -0.2) is 4.98 Å². The fourth-order valence-electron chi connectivity index (χ4n) is 4.68. The van der Waals surface area contributed by atoms with Crippen molar-refractivity contribution in [1.82, 2.24) is 19.8 Å². The molecule has 1 aromatic heterocycles. The number of fused-ring (bicyclic) bond motifs is 1. The lowest BCUT2D eigenvalue weighted by Gasteiger charge is -2.33. The number of nitrogens with one attached hydrogen (secondary N) is 1. The van der Waals surface area contributed by atoms with Gasteiger partial charge in [0.25, 0.3) is 11.5 Å². The maximum Gasteiger partial charge on any atom is 0.256 e. The molecule has 2 amide bonds. The average Bonchev–Trinajstić information content (AvgIpc) is 3.64. The molecule has 3 heterocycles. The van der Waals surface area contributed by atoms with Crippen LogP contribution >= 0.6 is 0 Å². The number of H-pyrrole nitrogens is 1. The maximum atomic E-state index is 12.9. The van der Waals surface area contributed by atoms with Crippen LogP contribution in [0.5, 0.6) is 0 Å². The molecule has 1 unspecified atom stereocenters. The van der Waals surface area contributed by atoms with E-state index in [1.54, 1.807) is 4.90 Å². The molecule has 2 aromatic rings. The molecule has 1 aromatic carbocycles. The van der Waals surface area contributed by atoms with E-state index in [1.807, 2.05) is 36.1 Å². The number of aromatic amines is 1. The number of aryl methyl sites for hydroxylation is 1. The van der Waals surface area contributed by atoms with E-state index in [9.17, 15) is 14.4 Å². The molecule has 0 radical (unpaired) electrons. The summed E-state index contributed by atoms with van der Waals surface area (Å²) in [4.78, 5) is 49.7. The molecule has 31 heavy (non-hydrogen) atoms. The topological polar surface area (TPSA) is 86.4 Å². The molecule has 0 spiro atoms. The van der Waals surface area contributed by atoms with Crippen LogP contribution in [-0.2, 0) is 17.8 Å². The van der Waals surface area contributed by atoms with Crippen LogP contribution in [0.1, 0.15) is 64.6 Å². The van der Waals surface area contributed by atoms with Crippen molar-refractivity contribution in [2.45, 2.75) is 51.5 Å². The van der Waals surface area contributed by atoms with Crippen molar-refractivity contribution in [3.63, 3.8) is 0 Å². The summed E-state index contributed by atoms with van der Waals surface area (Å²) in [6.45, 7) is 4.25. The second-order valence-corrected chi connectivity index (χ2v) is 9.12. The van der Waals surface area contributed by atoms with Gasteiger partial charge in [0.05, 0.1) is 17.8 Å². The third kappa shape index (κ3) is 4.01. The van der Waals surface area contributed by atoms with Gasteiger partial charge in [-0.2, -0.15) is 0 Å². The first-order chi connectivity index (χ1) is 15.0. The van der Waals surface area contributed by atoms with Gasteiger partial charge in [0.1, 0.15) is 5.82 Å². The molecule has 0 bridgehead atoms. The van der Waals surface area contributed by atoms with Crippen molar-refractivity contribution in [3.05, 3.63) is 62.8 Å². The summed E-state index contributed by atoms with van der Waals surface area (Å²) in [5, 5.41) is 0. The van der Waals surface area contributed by atoms with Gasteiger partial charge in [0.2, 0.25) is 5.91 Å². The van der Waals surface area contributed by atoms with Gasteiger partial charge in [0, 0.05) is 43.5 Å². The molecule has 3 aliphatic rings. The molecule has 2 aliphatic heterocycles.